The average molecular weight is 341 g/mol. The Morgan fingerprint density at radius 2 is 1.87 bits per heavy atom. The van der Waals surface area contributed by atoms with Crippen molar-refractivity contribution < 1.29 is 24.2 Å². The normalized spacial score (nSPS) is 12.3. The predicted molar refractivity (Wildman–Crippen MR) is 89.9 cm³/mol. The van der Waals surface area contributed by atoms with Crippen LogP contribution < -0.4 is 10.1 Å². The lowest BCUT2D eigenvalue weighted by atomic mass is 10.1. The number of thioether (sulfide) groups is 1. The molecular formula is C16H23NO5S. The van der Waals surface area contributed by atoms with Gasteiger partial charge in [0.05, 0.1) is 0 Å². The first-order chi connectivity index (χ1) is 10.7. The van der Waals surface area contributed by atoms with E-state index in [1.807, 2.05) is 6.26 Å². The lowest BCUT2D eigenvalue weighted by Gasteiger charge is -2.22. The molecule has 0 aromatic heterocycles. The number of aliphatic carboxylic acids is 1. The van der Waals surface area contributed by atoms with E-state index in [0.717, 1.165) is 11.3 Å². The first-order valence-electron chi connectivity index (χ1n) is 7.14. The number of carboxylic acids is 1. The van der Waals surface area contributed by atoms with E-state index in [9.17, 15) is 14.7 Å². The van der Waals surface area contributed by atoms with E-state index in [0.29, 0.717) is 5.94 Å². The van der Waals surface area contributed by atoms with Crippen LogP contribution in [0.15, 0.2) is 24.3 Å². The highest BCUT2D eigenvalue weighted by Crippen LogP contribution is 2.15. The molecule has 23 heavy (non-hydrogen) atoms. The molecule has 0 saturated heterocycles. The van der Waals surface area contributed by atoms with Gasteiger partial charge in [0.15, 0.2) is 0 Å². The Kier molecular flexibility index (Phi) is 7.22. The van der Waals surface area contributed by atoms with Gasteiger partial charge in [-0.25, -0.2) is 9.59 Å². The van der Waals surface area contributed by atoms with Gasteiger partial charge in [-0.15, -0.1) is 11.8 Å². The SMILES string of the molecule is CSCOc1ccc(C[C@H](NC(=O)OC(C)(C)C)C(=O)O)cc1. The third-order valence-corrected chi connectivity index (χ3v) is 3.05. The molecule has 1 aromatic carbocycles. The van der Waals surface area contributed by atoms with E-state index in [1.54, 1.807) is 56.8 Å². The molecule has 7 heteroatoms. The summed E-state index contributed by atoms with van der Waals surface area (Å²) in [4.78, 5) is 23.0. The van der Waals surface area contributed by atoms with Crippen molar-refractivity contribution >= 4 is 23.8 Å². The van der Waals surface area contributed by atoms with E-state index in [2.05, 4.69) is 5.32 Å². The van der Waals surface area contributed by atoms with Gasteiger partial charge in [0.25, 0.3) is 0 Å². The van der Waals surface area contributed by atoms with Gasteiger partial charge in [-0.3, -0.25) is 0 Å². The summed E-state index contributed by atoms with van der Waals surface area (Å²) in [6, 6.07) is 6.06. The van der Waals surface area contributed by atoms with Crippen molar-refractivity contribution in [3.05, 3.63) is 29.8 Å². The van der Waals surface area contributed by atoms with Crippen molar-refractivity contribution in [1.29, 1.82) is 0 Å². The van der Waals surface area contributed by atoms with Gasteiger partial charge in [0.1, 0.15) is 23.3 Å². The van der Waals surface area contributed by atoms with E-state index in [-0.39, 0.29) is 6.42 Å². The maximum absolute atomic E-state index is 11.7. The number of rotatable bonds is 7. The van der Waals surface area contributed by atoms with Gasteiger partial charge >= 0.3 is 12.1 Å². The van der Waals surface area contributed by atoms with Crippen LogP contribution in [0.1, 0.15) is 26.3 Å². The van der Waals surface area contributed by atoms with Crippen LogP contribution in [0, 0.1) is 0 Å². The summed E-state index contributed by atoms with van der Waals surface area (Å²) in [6.45, 7) is 5.15. The van der Waals surface area contributed by atoms with Crippen molar-refractivity contribution in [2.24, 2.45) is 0 Å². The molecule has 0 radical (unpaired) electrons. The molecule has 1 amide bonds. The number of hydrogen-bond donors (Lipinski definition) is 2. The summed E-state index contributed by atoms with van der Waals surface area (Å²) in [5.41, 5.74) is 0.105. The minimum absolute atomic E-state index is 0.164. The molecule has 0 spiro atoms. The zero-order valence-corrected chi connectivity index (χ0v) is 14.6. The van der Waals surface area contributed by atoms with E-state index in [4.69, 9.17) is 9.47 Å². The Hall–Kier alpha value is -1.89. The number of benzene rings is 1. The van der Waals surface area contributed by atoms with Crippen LogP contribution in [-0.4, -0.2) is 41.0 Å². The van der Waals surface area contributed by atoms with Gasteiger partial charge in [-0.2, -0.15) is 0 Å². The second-order valence-electron chi connectivity index (χ2n) is 5.94. The fourth-order valence-corrected chi connectivity index (χ4v) is 1.99. The number of alkyl carbamates (subject to hydrolysis) is 1. The van der Waals surface area contributed by atoms with Gasteiger partial charge < -0.3 is 19.9 Å². The highest BCUT2D eigenvalue weighted by atomic mass is 32.2. The largest absolute Gasteiger partial charge is 0.483 e. The van der Waals surface area contributed by atoms with Crippen molar-refractivity contribution in [2.75, 3.05) is 12.2 Å². The molecule has 0 unspecified atom stereocenters. The second-order valence-corrected chi connectivity index (χ2v) is 6.75. The van der Waals surface area contributed by atoms with Gasteiger partial charge in [0.2, 0.25) is 0 Å². The Labute approximate surface area is 140 Å². The maximum atomic E-state index is 11.7. The standard InChI is InChI=1S/C16H23NO5S/c1-16(2,3)22-15(20)17-13(14(18)19)9-11-5-7-12(8-6-11)21-10-23-4/h5-8,13H,9-10H2,1-4H3,(H,17,20)(H,18,19)/t13-/m0/s1. The van der Waals surface area contributed by atoms with Crippen LogP contribution in [0.5, 0.6) is 5.75 Å². The number of ether oxygens (including phenoxy) is 2. The molecule has 0 bridgehead atoms. The van der Waals surface area contributed by atoms with Crippen LogP contribution in [0.25, 0.3) is 0 Å². The summed E-state index contributed by atoms with van der Waals surface area (Å²) >= 11 is 1.57. The number of amides is 1. The summed E-state index contributed by atoms with van der Waals surface area (Å²) in [5.74, 6) is 0.158. The van der Waals surface area contributed by atoms with Crippen molar-refractivity contribution in [2.45, 2.75) is 38.8 Å². The molecule has 1 rings (SSSR count). The van der Waals surface area contributed by atoms with Crippen LogP contribution in [-0.2, 0) is 16.0 Å². The zero-order chi connectivity index (χ0) is 17.5. The topological polar surface area (TPSA) is 84.9 Å². The molecule has 1 atom stereocenters. The molecule has 0 aliphatic rings. The monoisotopic (exact) mass is 341 g/mol. The van der Waals surface area contributed by atoms with Crippen molar-refractivity contribution in [3.8, 4) is 5.75 Å². The van der Waals surface area contributed by atoms with Crippen molar-refractivity contribution in [1.82, 2.24) is 5.32 Å². The first kappa shape index (κ1) is 19.2. The molecule has 1 aromatic rings. The second kappa shape index (κ2) is 8.67. The smallest absolute Gasteiger partial charge is 0.408 e. The van der Waals surface area contributed by atoms with E-state index >= 15 is 0 Å². The summed E-state index contributed by atoms with van der Waals surface area (Å²) in [5, 5.41) is 11.6. The third-order valence-electron chi connectivity index (χ3n) is 2.70. The molecule has 0 fully saturated rings. The van der Waals surface area contributed by atoms with Gasteiger partial charge in [0, 0.05) is 6.42 Å². The predicted octanol–water partition coefficient (Wildman–Crippen LogP) is 2.91. The minimum Gasteiger partial charge on any atom is -0.483 e. The number of carboxylic acid groups (broad SMARTS) is 1. The van der Waals surface area contributed by atoms with Gasteiger partial charge in [-0.1, -0.05) is 12.1 Å². The number of nitrogens with one attached hydrogen (secondary N) is 1. The Balaban J connectivity index is 2.65. The molecule has 0 aliphatic heterocycles. The fourth-order valence-electron chi connectivity index (χ4n) is 1.73. The highest BCUT2D eigenvalue weighted by molar-refractivity contribution is 7.98. The summed E-state index contributed by atoms with van der Waals surface area (Å²) in [6.07, 6.45) is 1.36. The number of hydrogen-bond acceptors (Lipinski definition) is 5. The van der Waals surface area contributed by atoms with Gasteiger partial charge in [-0.05, 0) is 44.7 Å². The molecule has 0 heterocycles. The molecule has 128 valence electrons. The average Bonchev–Trinajstić information content (AvgIpc) is 2.43. The van der Waals surface area contributed by atoms with E-state index in [1.165, 1.54) is 0 Å². The molecule has 0 saturated carbocycles. The molecule has 0 aliphatic carbocycles. The fraction of sp³-hybridized carbons (Fsp3) is 0.500. The highest BCUT2D eigenvalue weighted by Gasteiger charge is 2.24. The summed E-state index contributed by atoms with van der Waals surface area (Å²) < 4.78 is 10.5. The van der Waals surface area contributed by atoms with Crippen molar-refractivity contribution in [3.63, 3.8) is 0 Å². The summed E-state index contributed by atoms with van der Waals surface area (Å²) in [7, 11) is 0. The molecule has 2 N–H and O–H groups in total. The Bertz CT molecular complexity index is 524. The minimum atomic E-state index is -1.11. The van der Waals surface area contributed by atoms with Crippen LogP contribution >= 0.6 is 11.8 Å². The third kappa shape index (κ3) is 7.78. The quantitative estimate of drug-likeness (QED) is 0.742. The van der Waals surface area contributed by atoms with Crippen LogP contribution in [0.3, 0.4) is 0 Å². The maximum Gasteiger partial charge on any atom is 0.408 e. The Morgan fingerprint density at radius 3 is 2.35 bits per heavy atom. The van der Waals surface area contributed by atoms with Crippen LogP contribution in [0.4, 0.5) is 4.79 Å². The zero-order valence-electron chi connectivity index (χ0n) is 13.8. The van der Waals surface area contributed by atoms with Crippen LogP contribution in [0.2, 0.25) is 0 Å². The number of carbonyl (C=O) groups is 2. The Morgan fingerprint density at radius 1 is 1.26 bits per heavy atom. The molecular weight excluding hydrogens is 318 g/mol. The lowest BCUT2D eigenvalue weighted by Crippen LogP contribution is -2.44. The lowest BCUT2D eigenvalue weighted by molar-refractivity contribution is -0.139. The number of carbonyl (C=O) groups excluding carboxylic acids is 1. The van der Waals surface area contributed by atoms with E-state index < -0.39 is 23.7 Å². The first-order valence-corrected chi connectivity index (χ1v) is 8.53. The molecule has 6 nitrogen and oxygen atoms in total.